The van der Waals surface area contributed by atoms with Crippen LogP contribution in [0.3, 0.4) is 0 Å². The summed E-state index contributed by atoms with van der Waals surface area (Å²) in [7, 11) is 2.05. The standard InChI is InChI=1S/C17H17N5/c1-21(8-4-9-22-10-7-19-13-22)17-11-14(12-18)20-16-6-3-2-5-15(16)17/h2-3,5-7,10-11,13H,4,8-9H2,1H3. The number of anilines is 1. The van der Waals surface area contributed by atoms with E-state index >= 15 is 0 Å². The van der Waals surface area contributed by atoms with E-state index in [0.717, 1.165) is 36.1 Å². The van der Waals surface area contributed by atoms with Crippen molar-refractivity contribution >= 4 is 16.6 Å². The molecule has 0 aliphatic rings. The van der Waals surface area contributed by atoms with Crippen molar-refractivity contribution in [2.45, 2.75) is 13.0 Å². The van der Waals surface area contributed by atoms with Crippen LogP contribution in [0.4, 0.5) is 5.69 Å². The molecule has 0 spiro atoms. The lowest BCUT2D eigenvalue weighted by atomic mass is 10.1. The summed E-state index contributed by atoms with van der Waals surface area (Å²) >= 11 is 0. The smallest absolute Gasteiger partial charge is 0.143 e. The molecular formula is C17H17N5. The Bertz CT molecular complexity index is 802. The van der Waals surface area contributed by atoms with Crippen molar-refractivity contribution in [3.05, 3.63) is 54.7 Å². The number of benzene rings is 1. The minimum atomic E-state index is 0.454. The Balaban J connectivity index is 1.80. The van der Waals surface area contributed by atoms with Crippen LogP contribution in [0.15, 0.2) is 49.1 Å². The predicted molar refractivity (Wildman–Crippen MR) is 86.6 cm³/mol. The van der Waals surface area contributed by atoms with Crippen molar-refractivity contribution in [1.29, 1.82) is 5.26 Å². The van der Waals surface area contributed by atoms with Crippen molar-refractivity contribution in [2.24, 2.45) is 0 Å². The van der Waals surface area contributed by atoms with Crippen LogP contribution in [0.1, 0.15) is 12.1 Å². The second-order valence-electron chi connectivity index (χ2n) is 5.23. The number of pyridine rings is 1. The van der Waals surface area contributed by atoms with Gasteiger partial charge < -0.3 is 9.47 Å². The summed E-state index contributed by atoms with van der Waals surface area (Å²) < 4.78 is 2.07. The summed E-state index contributed by atoms with van der Waals surface area (Å²) in [6, 6.07) is 11.9. The monoisotopic (exact) mass is 291 g/mol. The number of hydrogen-bond donors (Lipinski definition) is 0. The van der Waals surface area contributed by atoms with Crippen molar-refractivity contribution in [3.8, 4) is 6.07 Å². The van der Waals surface area contributed by atoms with Crippen LogP contribution >= 0.6 is 0 Å². The number of imidazole rings is 1. The van der Waals surface area contributed by atoms with E-state index < -0.39 is 0 Å². The highest BCUT2D eigenvalue weighted by Gasteiger charge is 2.09. The Morgan fingerprint density at radius 1 is 1.32 bits per heavy atom. The zero-order chi connectivity index (χ0) is 15.4. The van der Waals surface area contributed by atoms with Gasteiger partial charge in [0.15, 0.2) is 0 Å². The van der Waals surface area contributed by atoms with Crippen molar-refractivity contribution < 1.29 is 0 Å². The maximum atomic E-state index is 9.16. The van der Waals surface area contributed by atoms with Gasteiger partial charge in [-0.25, -0.2) is 9.97 Å². The van der Waals surface area contributed by atoms with Crippen molar-refractivity contribution in [1.82, 2.24) is 14.5 Å². The van der Waals surface area contributed by atoms with E-state index in [1.807, 2.05) is 42.9 Å². The topological polar surface area (TPSA) is 57.7 Å². The molecule has 0 amide bonds. The number of aromatic nitrogens is 3. The Kier molecular flexibility index (Phi) is 4.01. The molecule has 3 rings (SSSR count). The molecular weight excluding hydrogens is 274 g/mol. The summed E-state index contributed by atoms with van der Waals surface area (Å²) in [6.45, 7) is 1.83. The molecule has 0 radical (unpaired) electrons. The van der Waals surface area contributed by atoms with Gasteiger partial charge in [-0.15, -0.1) is 0 Å². The van der Waals surface area contributed by atoms with Gasteiger partial charge in [-0.05, 0) is 18.6 Å². The second kappa shape index (κ2) is 6.27. The maximum absolute atomic E-state index is 9.16. The molecule has 0 aliphatic heterocycles. The fourth-order valence-electron chi connectivity index (χ4n) is 2.56. The molecule has 0 fully saturated rings. The fourth-order valence-corrected chi connectivity index (χ4v) is 2.56. The molecule has 0 N–H and O–H groups in total. The minimum absolute atomic E-state index is 0.454. The summed E-state index contributed by atoms with van der Waals surface area (Å²) in [6.07, 6.45) is 6.59. The van der Waals surface area contributed by atoms with E-state index in [1.54, 1.807) is 6.20 Å². The van der Waals surface area contributed by atoms with Gasteiger partial charge in [0.2, 0.25) is 0 Å². The normalized spacial score (nSPS) is 10.5. The van der Waals surface area contributed by atoms with Crippen LogP contribution in [0.2, 0.25) is 0 Å². The Morgan fingerprint density at radius 2 is 2.18 bits per heavy atom. The Morgan fingerprint density at radius 3 is 2.95 bits per heavy atom. The van der Waals surface area contributed by atoms with Gasteiger partial charge in [0.05, 0.1) is 11.8 Å². The molecule has 5 nitrogen and oxygen atoms in total. The summed E-state index contributed by atoms with van der Waals surface area (Å²) in [5.74, 6) is 0. The van der Waals surface area contributed by atoms with Gasteiger partial charge >= 0.3 is 0 Å². The molecule has 3 aromatic rings. The summed E-state index contributed by atoms with van der Waals surface area (Å²) in [5.41, 5.74) is 2.36. The first-order valence-corrected chi connectivity index (χ1v) is 7.24. The Hall–Kier alpha value is -2.87. The molecule has 0 saturated carbocycles. The molecule has 1 aromatic carbocycles. The van der Waals surface area contributed by atoms with Gasteiger partial charge in [-0.2, -0.15) is 5.26 Å². The van der Waals surface area contributed by atoms with Crippen LogP contribution in [0.25, 0.3) is 10.9 Å². The van der Waals surface area contributed by atoms with E-state index in [-0.39, 0.29) is 0 Å². The van der Waals surface area contributed by atoms with E-state index in [9.17, 15) is 0 Å². The molecule has 0 atom stereocenters. The Labute approximate surface area is 129 Å². The zero-order valence-corrected chi connectivity index (χ0v) is 12.5. The molecule has 5 heteroatoms. The van der Waals surface area contributed by atoms with Crippen LogP contribution < -0.4 is 4.90 Å². The van der Waals surface area contributed by atoms with Crippen molar-refractivity contribution in [2.75, 3.05) is 18.5 Å². The number of aryl methyl sites for hydroxylation is 1. The van der Waals surface area contributed by atoms with E-state index in [1.165, 1.54) is 0 Å². The molecule has 110 valence electrons. The van der Waals surface area contributed by atoms with Crippen LogP contribution in [0, 0.1) is 11.3 Å². The molecule has 0 unspecified atom stereocenters. The number of fused-ring (bicyclic) bond motifs is 1. The predicted octanol–water partition coefficient (Wildman–Crippen LogP) is 2.83. The van der Waals surface area contributed by atoms with Crippen LogP contribution in [-0.4, -0.2) is 28.1 Å². The third kappa shape index (κ3) is 2.91. The SMILES string of the molecule is CN(CCCn1ccnc1)c1cc(C#N)nc2ccccc12. The average Bonchev–Trinajstić information content (AvgIpc) is 3.07. The van der Waals surface area contributed by atoms with Crippen LogP contribution in [0.5, 0.6) is 0 Å². The molecule has 22 heavy (non-hydrogen) atoms. The second-order valence-corrected chi connectivity index (χ2v) is 5.23. The van der Waals surface area contributed by atoms with Gasteiger partial charge in [0.1, 0.15) is 11.8 Å². The first-order valence-electron chi connectivity index (χ1n) is 7.24. The summed E-state index contributed by atoms with van der Waals surface area (Å²) in [4.78, 5) is 10.6. The number of hydrogen-bond acceptors (Lipinski definition) is 4. The van der Waals surface area contributed by atoms with Gasteiger partial charge in [0, 0.05) is 43.6 Å². The van der Waals surface area contributed by atoms with E-state index in [2.05, 4.69) is 32.6 Å². The molecule has 0 bridgehead atoms. The quantitative estimate of drug-likeness (QED) is 0.725. The molecule has 2 heterocycles. The fraction of sp³-hybridized carbons (Fsp3) is 0.235. The third-order valence-corrected chi connectivity index (χ3v) is 3.69. The zero-order valence-electron chi connectivity index (χ0n) is 12.5. The largest absolute Gasteiger partial charge is 0.374 e. The lowest BCUT2D eigenvalue weighted by Crippen LogP contribution is -2.20. The summed E-state index contributed by atoms with van der Waals surface area (Å²) in [5, 5.41) is 10.2. The average molecular weight is 291 g/mol. The molecule has 2 aromatic heterocycles. The minimum Gasteiger partial charge on any atom is -0.374 e. The number of rotatable bonds is 5. The third-order valence-electron chi connectivity index (χ3n) is 3.69. The lowest BCUT2D eigenvalue weighted by Gasteiger charge is -2.21. The van der Waals surface area contributed by atoms with Gasteiger partial charge in [0.25, 0.3) is 0 Å². The maximum Gasteiger partial charge on any atom is 0.143 e. The lowest BCUT2D eigenvalue weighted by molar-refractivity contribution is 0.638. The number of para-hydroxylation sites is 1. The highest BCUT2D eigenvalue weighted by Crippen LogP contribution is 2.25. The molecule has 0 saturated heterocycles. The first kappa shape index (κ1) is 14.1. The van der Waals surface area contributed by atoms with Crippen LogP contribution in [-0.2, 0) is 6.54 Å². The first-order chi connectivity index (χ1) is 10.8. The number of nitrogens with zero attached hydrogens (tertiary/aromatic N) is 5. The van der Waals surface area contributed by atoms with E-state index in [0.29, 0.717) is 5.69 Å². The van der Waals surface area contributed by atoms with Gasteiger partial charge in [-0.3, -0.25) is 0 Å². The van der Waals surface area contributed by atoms with Crippen molar-refractivity contribution in [3.63, 3.8) is 0 Å². The molecule has 0 aliphatic carbocycles. The van der Waals surface area contributed by atoms with E-state index in [4.69, 9.17) is 5.26 Å². The highest BCUT2D eigenvalue weighted by atomic mass is 15.1. The van der Waals surface area contributed by atoms with Gasteiger partial charge in [-0.1, -0.05) is 18.2 Å². The number of nitriles is 1. The highest BCUT2D eigenvalue weighted by molar-refractivity contribution is 5.92.